The Morgan fingerprint density at radius 1 is 1.20 bits per heavy atom. The first-order chi connectivity index (χ1) is 9.70. The topological polar surface area (TPSA) is 68.3 Å². The molecule has 0 aliphatic rings. The van der Waals surface area contributed by atoms with Crippen molar-refractivity contribution in [2.45, 2.75) is 6.54 Å². The molecule has 0 bridgehead atoms. The van der Waals surface area contributed by atoms with Gasteiger partial charge in [-0.1, -0.05) is 6.07 Å². The number of hydrogen-bond donors (Lipinski definition) is 1. The van der Waals surface area contributed by atoms with Crippen LogP contribution in [0.5, 0.6) is 5.75 Å². The van der Waals surface area contributed by atoms with Crippen LogP contribution in [0.2, 0.25) is 0 Å². The molecular weight excluding hydrogens is 256 g/mol. The maximum Gasteiger partial charge on any atom is 0.292 e. The van der Waals surface area contributed by atoms with Crippen LogP contribution in [0.3, 0.4) is 0 Å². The maximum atomic E-state index is 11.9. The Kier molecular flexibility index (Phi) is 4.44. The Labute approximate surface area is 116 Å². The van der Waals surface area contributed by atoms with Crippen molar-refractivity contribution in [2.75, 3.05) is 7.11 Å². The summed E-state index contributed by atoms with van der Waals surface area (Å²) in [4.78, 5) is 27.6. The summed E-state index contributed by atoms with van der Waals surface area (Å²) in [5.74, 6) is -0.576. The van der Waals surface area contributed by atoms with Gasteiger partial charge in [0.2, 0.25) is 5.78 Å². The summed E-state index contributed by atoms with van der Waals surface area (Å²) < 4.78 is 5.00. The summed E-state index contributed by atoms with van der Waals surface area (Å²) in [6.45, 7) is 0.272. The van der Waals surface area contributed by atoms with E-state index in [0.717, 1.165) is 5.56 Å². The van der Waals surface area contributed by atoms with Crippen LogP contribution in [0.1, 0.15) is 15.9 Å². The zero-order chi connectivity index (χ0) is 14.4. The highest BCUT2D eigenvalue weighted by molar-refractivity contribution is 6.42. The van der Waals surface area contributed by atoms with E-state index in [-0.39, 0.29) is 6.54 Å². The predicted molar refractivity (Wildman–Crippen MR) is 73.4 cm³/mol. The summed E-state index contributed by atoms with van der Waals surface area (Å²) in [7, 11) is 1.54. The normalized spacial score (nSPS) is 9.85. The average molecular weight is 270 g/mol. The molecule has 0 saturated carbocycles. The van der Waals surface area contributed by atoms with E-state index in [0.29, 0.717) is 11.3 Å². The Morgan fingerprint density at radius 3 is 2.55 bits per heavy atom. The van der Waals surface area contributed by atoms with E-state index in [9.17, 15) is 9.59 Å². The largest absolute Gasteiger partial charge is 0.497 e. The lowest BCUT2D eigenvalue weighted by Crippen LogP contribution is -2.30. The van der Waals surface area contributed by atoms with Crippen molar-refractivity contribution in [1.82, 2.24) is 10.3 Å². The molecule has 1 amide bonds. The van der Waals surface area contributed by atoms with Crippen LogP contribution in [0, 0.1) is 0 Å². The molecule has 2 aromatic rings. The van der Waals surface area contributed by atoms with Crippen LogP contribution in [0.15, 0.2) is 48.8 Å². The molecule has 0 aliphatic heterocycles. The Hall–Kier alpha value is -2.69. The minimum Gasteiger partial charge on any atom is -0.497 e. The van der Waals surface area contributed by atoms with Gasteiger partial charge in [0, 0.05) is 24.5 Å². The van der Waals surface area contributed by atoms with Gasteiger partial charge in [0.15, 0.2) is 0 Å². The van der Waals surface area contributed by atoms with E-state index in [1.54, 1.807) is 42.7 Å². The molecule has 0 radical (unpaired) electrons. The minimum absolute atomic E-state index is 0.272. The monoisotopic (exact) mass is 270 g/mol. The molecule has 0 aliphatic carbocycles. The first-order valence-electron chi connectivity index (χ1n) is 6.06. The standard InChI is InChI=1S/C15H14N2O3/c1-20-13-6-4-12(5-7-13)14(18)15(19)17-10-11-3-2-8-16-9-11/h2-9H,10H2,1H3,(H,17,19). The number of benzene rings is 1. The molecule has 20 heavy (non-hydrogen) atoms. The van der Waals surface area contributed by atoms with Crippen molar-refractivity contribution < 1.29 is 14.3 Å². The number of aromatic nitrogens is 1. The van der Waals surface area contributed by atoms with Crippen LogP contribution >= 0.6 is 0 Å². The number of rotatable bonds is 5. The molecule has 1 aromatic heterocycles. The van der Waals surface area contributed by atoms with Gasteiger partial charge in [0.05, 0.1) is 7.11 Å². The number of nitrogens with one attached hydrogen (secondary N) is 1. The van der Waals surface area contributed by atoms with Gasteiger partial charge in [-0.2, -0.15) is 0 Å². The van der Waals surface area contributed by atoms with E-state index in [4.69, 9.17) is 4.74 Å². The zero-order valence-corrected chi connectivity index (χ0v) is 11.0. The maximum absolute atomic E-state index is 11.9. The molecule has 2 rings (SSSR count). The lowest BCUT2D eigenvalue weighted by atomic mass is 10.1. The minimum atomic E-state index is -0.640. The second-order valence-corrected chi connectivity index (χ2v) is 4.10. The van der Waals surface area contributed by atoms with Gasteiger partial charge in [0.25, 0.3) is 5.91 Å². The van der Waals surface area contributed by atoms with Crippen molar-refractivity contribution in [3.05, 3.63) is 59.9 Å². The van der Waals surface area contributed by atoms with E-state index in [1.165, 1.54) is 7.11 Å². The van der Waals surface area contributed by atoms with E-state index >= 15 is 0 Å². The Balaban J connectivity index is 1.96. The first kappa shape index (κ1) is 13.7. The predicted octanol–water partition coefficient (Wildman–Crippen LogP) is 1.59. The van der Waals surface area contributed by atoms with E-state index < -0.39 is 11.7 Å². The van der Waals surface area contributed by atoms with Crippen molar-refractivity contribution in [1.29, 1.82) is 0 Å². The molecule has 0 unspecified atom stereocenters. The number of methoxy groups -OCH3 is 1. The number of carbonyl (C=O) groups excluding carboxylic acids is 2. The first-order valence-corrected chi connectivity index (χ1v) is 6.06. The van der Waals surface area contributed by atoms with Gasteiger partial charge in [-0.15, -0.1) is 0 Å². The van der Waals surface area contributed by atoms with Gasteiger partial charge in [0.1, 0.15) is 5.75 Å². The van der Waals surface area contributed by atoms with Gasteiger partial charge in [-0.05, 0) is 35.9 Å². The third-order valence-corrected chi connectivity index (χ3v) is 2.73. The summed E-state index contributed by atoms with van der Waals surface area (Å²) in [5.41, 5.74) is 1.16. The van der Waals surface area contributed by atoms with Crippen molar-refractivity contribution >= 4 is 11.7 Å². The summed E-state index contributed by atoms with van der Waals surface area (Å²) in [6, 6.07) is 10.00. The Morgan fingerprint density at radius 2 is 1.95 bits per heavy atom. The number of Topliss-reactive ketones (excluding diaryl/α,β-unsaturated/α-hetero) is 1. The van der Waals surface area contributed by atoms with Gasteiger partial charge in [-0.3, -0.25) is 14.6 Å². The fourth-order valence-electron chi connectivity index (χ4n) is 1.64. The second-order valence-electron chi connectivity index (χ2n) is 4.10. The van der Waals surface area contributed by atoms with E-state index in [1.807, 2.05) is 6.07 Å². The smallest absolute Gasteiger partial charge is 0.292 e. The van der Waals surface area contributed by atoms with Gasteiger partial charge >= 0.3 is 0 Å². The van der Waals surface area contributed by atoms with Crippen molar-refractivity contribution in [3.8, 4) is 5.75 Å². The van der Waals surface area contributed by atoms with Gasteiger partial charge in [-0.25, -0.2) is 0 Å². The highest BCUT2D eigenvalue weighted by atomic mass is 16.5. The molecule has 0 fully saturated rings. The third kappa shape index (κ3) is 3.41. The van der Waals surface area contributed by atoms with Gasteiger partial charge < -0.3 is 10.1 Å². The number of hydrogen-bond acceptors (Lipinski definition) is 4. The molecule has 102 valence electrons. The number of carbonyl (C=O) groups is 2. The summed E-state index contributed by atoms with van der Waals surface area (Å²) >= 11 is 0. The van der Waals surface area contributed by atoms with Crippen LogP contribution in [-0.4, -0.2) is 23.8 Å². The molecule has 1 heterocycles. The van der Waals surface area contributed by atoms with Crippen molar-refractivity contribution in [2.24, 2.45) is 0 Å². The molecule has 1 N–H and O–H groups in total. The SMILES string of the molecule is COc1ccc(C(=O)C(=O)NCc2cccnc2)cc1. The molecule has 0 atom stereocenters. The highest BCUT2D eigenvalue weighted by Crippen LogP contribution is 2.11. The third-order valence-electron chi connectivity index (χ3n) is 2.73. The van der Waals surface area contributed by atoms with E-state index in [2.05, 4.69) is 10.3 Å². The number of pyridine rings is 1. The molecule has 0 saturated heterocycles. The average Bonchev–Trinajstić information content (AvgIpc) is 2.53. The number of amides is 1. The molecule has 5 heteroatoms. The summed E-state index contributed by atoms with van der Waals surface area (Å²) in [5, 5.41) is 2.57. The fraction of sp³-hybridized carbons (Fsp3) is 0.133. The summed E-state index contributed by atoms with van der Waals surface area (Å²) in [6.07, 6.45) is 3.28. The molecular formula is C15H14N2O3. The number of ether oxygens (including phenoxy) is 1. The number of nitrogens with zero attached hydrogens (tertiary/aromatic N) is 1. The number of ketones is 1. The van der Waals surface area contributed by atoms with Crippen LogP contribution in [-0.2, 0) is 11.3 Å². The lowest BCUT2D eigenvalue weighted by Gasteiger charge is -2.05. The second kappa shape index (κ2) is 6.47. The highest BCUT2D eigenvalue weighted by Gasteiger charge is 2.15. The lowest BCUT2D eigenvalue weighted by molar-refractivity contribution is -0.117. The zero-order valence-electron chi connectivity index (χ0n) is 11.0. The van der Waals surface area contributed by atoms with Crippen molar-refractivity contribution in [3.63, 3.8) is 0 Å². The molecule has 1 aromatic carbocycles. The van der Waals surface area contributed by atoms with Crippen LogP contribution in [0.4, 0.5) is 0 Å². The Bertz CT molecular complexity index is 594. The quantitative estimate of drug-likeness (QED) is 0.661. The molecule has 5 nitrogen and oxygen atoms in total. The fourth-order valence-corrected chi connectivity index (χ4v) is 1.64. The van der Waals surface area contributed by atoms with Crippen LogP contribution in [0.25, 0.3) is 0 Å². The molecule has 0 spiro atoms. The van der Waals surface area contributed by atoms with Crippen LogP contribution < -0.4 is 10.1 Å².